The van der Waals surface area contributed by atoms with E-state index in [4.69, 9.17) is 9.47 Å². The molecule has 0 unspecified atom stereocenters. The Kier molecular flexibility index (Phi) is 6.57. The first-order valence-electron chi connectivity index (χ1n) is 9.51. The van der Waals surface area contributed by atoms with E-state index in [0.29, 0.717) is 6.54 Å². The highest BCUT2D eigenvalue weighted by molar-refractivity contribution is 5.85. The summed E-state index contributed by atoms with van der Waals surface area (Å²) in [6, 6.07) is 5.99. The van der Waals surface area contributed by atoms with Crippen LogP contribution >= 0.6 is 12.4 Å². The molecular weight excluding hydrogens is 378 g/mol. The fourth-order valence-electron chi connectivity index (χ4n) is 3.56. The van der Waals surface area contributed by atoms with Crippen LogP contribution in [0.15, 0.2) is 30.9 Å². The molecule has 3 aliphatic rings. The van der Waals surface area contributed by atoms with Crippen molar-refractivity contribution in [3.8, 4) is 23.0 Å². The third kappa shape index (κ3) is 4.14. The van der Waals surface area contributed by atoms with Crippen LogP contribution in [-0.4, -0.2) is 39.3 Å². The van der Waals surface area contributed by atoms with Crippen LogP contribution in [0.4, 0.5) is 5.82 Å². The summed E-state index contributed by atoms with van der Waals surface area (Å²) in [6.07, 6.45) is 8.36. The molecule has 1 saturated carbocycles. The van der Waals surface area contributed by atoms with Crippen molar-refractivity contribution >= 4 is 18.2 Å². The number of fused-ring (bicyclic) bond motifs is 1. The Balaban J connectivity index is 0.00000225. The number of methoxy groups -OCH3 is 1. The number of hydrogen-bond acceptors (Lipinski definition) is 6. The Morgan fingerprint density at radius 1 is 1.18 bits per heavy atom. The van der Waals surface area contributed by atoms with Crippen LogP contribution in [0.2, 0.25) is 0 Å². The SMILES string of the molecule is CCNc1ncn(Cc2ccc(OC)cc2OC2CCCC2)c2ncnc1-2.Cl. The lowest BCUT2D eigenvalue weighted by Gasteiger charge is -2.19. The van der Waals surface area contributed by atoms with Gasteiger partial charge in [0.15, 0.2) is 17.3 Å². The summed E-state index contributed by atoms with van der Waals surface area (Å²) in [7, 11) is 1.68. The van der Waals surface area contributed by atoms with Crippen molar-refractivity contribution in [2.75, 3.05) is 19.0 Å². The maximum atomic E-state index is 6.31. The highest BCUT2D eigenvalue weighted by Crippen LogP contribution is 2.32. The van der Waals surface area contributed by atoms with Gasteiger partial charge in [0.1, 0.15) is 17.8 Å². The van der Waals surface area contributed by atoms with Crippen molar-refractivity contribution in [1.82, 2.24) is 19.5 Å². The molecule has 0 spiro atoms. The summed E-state index contributed by atoms with van der Waals surface area (Å²) in [6.45, 7) is 3.44. The van der Waals surface area contributed by atoms with E-state index in [1.165, 1.54) is 12.8 Å². The van der Waals surface area contributed by atoms with Gasteiger partial charge in [-0.05, 0) is 44.7 Å². The number of benzene rings is 1. The lowest BCUT2D eigenvalue weighted by Crippen LogP contribution is -2.15. The molecule has 0 aromatic heterocycles. The first-order valence-corrected chi connectivity index (χ1v) is 9.51. The number of halogens is 1. The van der Waals surface area contributed by atoms with Crippen LogP contribution in [0, 0.1) is 0 Å². The minimum absolute atomic E-state index is 0. The predicted octanol–water partition coefficient (Wildman–Crippen LogP) is 4.01. The maximum absolute atomic E-state index is 6.31. The van der Waals surface area contributed by atoms with Crippen molar-refractivity contribution in [3.05, 3.63) is 36.4 Å². The van der Waals surface area contributed by atoms with E-state index in [-0.39, 0.29) is 18.5 Å². The molecule has 7 nitrogen and oxygen atoms in total. The Hall–Kier alpha value is -2.54. The Morgan fingerprint density at radius 2 is 2.00 bits per heavy atom. The summed E-state index contributed by atoms with van der Waals surface area (Å²) < 4.78 is 13.7. The van der Waals surface area contributed by atoms with E-state index in [1.807, 2.05) is 23.6 Å². The van der Waals surface area contributed by atoms with E-state index < -0.39 is 0 Å². The molecule has 0 saturated heterocycles. The summed E-state index contributed by atoms with van der Waals surface area (Å²) in [5, 5.41) is 3.23. The number of aromatic nitrogens is 4. The number of anilines is 1. The van der Waals surface area contributed by atoms with Gasteiger partial charge >= 0.3 is 0 Å². The molecule has 2 heterocycles. The molecule has 0 radical (unpaired) electrons. The fourth-order valence-corrected chi connectivity index (χ4v) is 3.56. The van der Waals surface area contributed by atoms with Gasteiger partial charge in [-0.3, -0.25) is 0 Å². The van der Waals surface area contributed by atoms with Crippen molar-refractivity contribution in [1.29, 1.82) is 0 Å². The van der Waals surface area contributed by atoms with E-state index in [2.05, 4.69) is 26.3 Å². The normalized spacial score (nSPS) is 14.1. The lowest BCUT2D eigenvalue weighted by atomic mass is 10.1. The predicted molar refractivity (Wildman–Crippen MR) is 111 cm³/mol. The largest absolute Gasteiger partial charge is 0.497 e. The molecule has 28 heavy (non-hydrogen) atoms. The van der Waals surface area contributed by atoms with Gasteiger partial charge in [-0.2, -0.15) is 0 Å². The molecule has 1 aliphatic carbocycles. The average Bonchev–Trinajstić information content (AvgIpc) is 3.37. The average molecular weight is 404 g/mol. The van der Waals surface area contributed by atoms with Crippen molar-refractivity contribution in [2.24, 2.45) is 0 Å². The summed E-state index contributed by atoms with van der Waals surface area (Å²) in [5.41, 5.74) is 1.86. The van der Waals surface area contributed by atoms with Crippen LogP contribution in [0.1, 0.15) is 38.2 Å². The third-order valence-electron chi connectivity index (χ3n) is 4.96. The molecule has 1 aromatic rings. The van der Waals surface area contributed by atoms with E-state index >= 15 is 0 Å². The maximum Gasteiger partial charge on any atom is 0.165 e. The lowest BCUT2D eigenvalue weighted by molar-refractivity contribution is 0.207. The molecule has 0 amide bonds. The van der Waals surface area contributed by atoms with Crippen molar-refractivity contribution < 1.29 is 9.47 Å². The first kappa shape index (κ1) is 20.2. The standard InChI is InChI=1S/C20H25N5O2.ClH/c1-3-21-19-18-20(23-12-22-18)25(13-24-19)11-14-8-9-16(26-2)10-17(14)27-15-6-4-5-7-15;/h8-10,12-13,15,21H,3-7,11H2,1-2H3;1H. The number of nitrogens with one attached hydrogen (secondary N) is 1. The van der Waals surface area contributed by atoms with Gasteiger partial charge in [-0.15, -0.1) is 12.4 Å². The molecule has 2 aliphatic heterocycles. The molecule has 1 N–H and O–H groups in total. The minimum Gasteiger partial charge on any atom is -0.497 e. The van der Waals surface area contributed by atoms with Crippen LogP contribution in [-0.2, 0) is 6.54 Å². The van der Waals surface area contributed by atoms with Gasteiger partial charge in [0, 0.05) is 18.2 Å². The molecule has 1 aromatic carbocycles. The van der Waals surface area contributed by atoms with Gasteiger partial charge in [0.25, 0.3) is 0 Å². The van der Waals surface area contributed by atoms with Gasteiger partial charge < -0.3 is 19.4 Å². The smallest absolute Gasteiger partial charge is 0.165 e. The van der Waals surface area contributed by atoms with Gasteiger partial charge in [0.2, 0.25) is 0 Å². The molecule has 0 bridgehead atoms. The number of rotatable bonds is 7. The first-order chi connectivity index (χ1) is 13.3. The van der Waals surface area contributed by atoms with E-state index in [1.54, 1.807) is 19.8 Å². The molecule has 0 atom stereocenters. The van der Waals surface area contributed by atoms with Crippen LogP contribution < -0.4 is 14.8 Å². The number of ether oxygens (including phenoxy) is 2. The van der Waals surface area contributed by atoms with Crippen molar-refractivity contribution in [2.45, 2.75) is 45.3 Å². The quantitative estimate of drug-likeness (QED) is 0.642. The molecule has 150 valence electrons. The molecule has 8 heteroatoms. The van der Waals surface area contributed by atoms with Gasteiger partial charge in [0.05, 0.1) is 26.1 Å². The van der Waals surface area contributed by atoms with Crippen LogP contribution in [0.5, 0.6) is 11.5 Å². The fraction of sp³-hybridized carbons (Fsp3) is 0.450. The van der Waals surface area contributed by atoms with Crippen LogP contribution in [0.3, 0.4) is 0 Å². The number of imidazole rings is 1. The number of hydrogen-bond donors (Lipinski definition) is 1. The van der Waals surface area contributed by atoms with E-state index in [9.17, 15) is 0 Å². The summed E-state index contributed by atoms with van der Waals surface area (Å²) in [4.78, 5) is 13.3. The zero-order chi connectivity index (χ0) is 18.6. The third-order valence-corrected chi connectivity index (χ3v) is 4.96. The Labute approximate surface area is 171 Å². The molecular formula is C20H26ClN5O2. The van der Waals surface area contributed by atoms with Crippen molar-refractivity contribution in [3.63, 3.8) is 0 Å². The second-order valence-corrected chi connectivity index (χ2v) is 6.80. The summed E-state index contributed by atoms with van der Waals surface area (Å²) >= 11 is 0. The Morgan fingerprint density at radius 3 is 2.75 bits per heavy atom. The highest BCUT2D eigenvalue weighted by atomic mass is 35.5. The summed E-state index contributed by atoms with van der Waals surface area (Å²) in [5.74, 6) is 3.25. The second-order valence-electron chi connectivity index (χ2n) is 6.80. The second kappa shape index (κ2) is 9.10. The van der Waals surface area contributed by atoms with Gasteiger partial charge in [-0.1, -0.05) is 0 Å². The monoisotopic (exact) mass is 403 g/mol. The van der Waals surface area contributed by atoms with Crippen LogP contribution in [0.25, 0.3) is 11.5 Å². The van der Waals surface area contributed by atoms with Gasteiger partial charge in [-0.25, -0.2) is 15.0 Å². The molecule has 4 rings (SSSR count). The minimum atomic E-state index is 0. The zero-order valence-electron chi connectivity index (χ0n) is 16.2. The number of nitrogens with zero attached hydrogens (tertiary/aromatic N) is 4. The van der Waals surface area contributed by atoms with E-state index in [0.717, 1.165) is 53.8 Å². The highest BCUT2D eigenvalue weighted by Gasteiger charge is 2.20. The topological polar surface area (TPSA) is 74.1 Å². The zero-order valence-corrected chi connectivity index (χ0v) is 17.0. The molecule has 1 fully saturated rings. The Bertz CT molecular complexity index is 879.